The molecule has 0 atom stereocenters. The first-order chi connectivity index (χ1) is 13.6. The van der Waals surface area contributed by atoms with Crippen molar-refractivity contribution in [3.05, 3.63) is 58.6 Å². The summed E-state index contributed by atoms with van der Waals surface area (Å²) in [5.41, 5.74) is 3.23. The third kappa shape index (κ3) is 4.00. The van der Waals surface area contributed by atoms with Gasteiger partial charge >= 0.3 is 0 Å². The van der Waals surface area contributed by atoms with Crippen molar-refractivity contribution in [2.75, 3.05) is 13.1 Å². The quantitative estimate of drug-likeness (QED) is 0.708. The van der Waals surface area contributed by atoms with Gasteiger partial charge in [0.2, 0.25) is 5.91 Å². The molecule has 0 aliphatic carbocycles. The molecule has 2 aromatic carbocycles. The van der Waals surface area contributed by atoms with Gasteiger partial charge in [0.25, 0.3) is 5.91 Å². The molecule has 0 radical (unpaired) electrons. The predicted octanol–water partition coefficient (Wildman–Crippen LogP) is 3.51. The van der Waals surface area contributed by atoms with Crippen molar-refractivity contribution in [1.29, 1.82) is 0 Å². The van der Waals surface area contributed by atoms with Crippen molar-refractivity contribution in [2.45, 2.75) is 19.4 Å². The summed E-state index contributed by atoms with van der Waals surface area (Å²) >= 11 is 7.31. The lowest BCUT2D eigenvalue weighted by Crippen LogP contribution is -2.43. The van der Waals surface area contributed by atoms with Gasteiger partial charge in [-0.1, -0.05) is 29.8 Å². The Bertz CT molecular complexity index is 1010. The normalized spacial score (nSPS) is 15.0. The summed E-state index contributed by atoms with van der Waals surface area (Å²) in [5.74, 6) is -0.129. The van der Waals surface area contributed by atoms with Crippen LogP contribution in [-0.2, 0) is 11.3 Å². The highest BCUT2D eigenvalue weighted by Crippen LogP contribution is 2.23. The Morgan fingerprint density at radius 2 is 1.86 bits per heavy atom. The largest absolute Gasteiger partial charge is 0.352 e. The first kappa shape index (κ1) is 18.8. The van der Waals surface area contributed by atoms with E-state index in [0.29, 0.717) is 43.1 Å². The second-order valence-corrected chi connectivity index (χ2v) is 7.79. The van der Waals surface area contributed by atoms with E-state index >= 15 is 0 Å². The Hall–Kier alpha value is -2.51. The summed E-state index contributed by atoms with van der Waals surface area (Å²) < 4.78 is 8.40. The van der Waals surface area contributed by atoms with Crippen LogP contribution >= 0.6 is 23.3 Å². The molecule has 1 fully saturated rings. The minimum absolute atomic E-state index is 0.0290. The van der Waals surface area contributed by atoms with Crippen LogP contribution in [0, 0.1) is 5.92 Å². The molecular weight excluding hydrogens is 396 g/mol. The maximum Gasteiger partial charge on any atom is 0.255 e. The summed E-state index contributed by atoms with van der Waals surface area (Å²) in [6.45, 7) is 1.57. The summed E-state index contributed by atoms with van der Waals surface area (Å²) in [5, 5.41) is 3.46. The lowest BCUT2D eigenvalue weighted by molar-refractivity contribution is -0.126. The molecule has 3 aromatic rings. The number of benzene rings is 2. The smallest absolute Gasteiger partial charge is 0.255 e. The lowest BCUT2D eigenvalue weighted by Gasteiger charge is -2.31. The summed E-state index contributed by atoms with van der Waals surface area (Å²) in [6.07, 6.45) is 1.30. The number of hydrogen-bond donors (Lipinski definition) is 1. The number of nitrogens with one attached hydrogen (secondary N) is 1. The fourth-order valence-electron chi connectivity index (χ4n) is 3.42. The van der Waals surface area contributed by atoms with Gasteiger partial charge in [0.15, 0.2) is 0 Å². The van der Waals surface area contributed by atoms with Crippen LogP contribution in [0.1, 0.15) is 28.8 Å². The number of carbonyl (C=O) groups excluding carboxylic acids is 2. The number of amides is 2. The van der Waals surface area contributed by atoms with Gasteiger partial charge in [0.05, 0.1) is 22.3 Å². The molecule has 0 unspecified atom stereocenters. The fourth-order valence-corrected chi connectivity index (χ4v) is 4.15. The fraction of sp³-hybridized carbons (Fsp3) is 0.300. The first-order valence-corrected chi connectivity index (χ1v) is 10.3. The number of halogens is 1. The van der Waals surface area contributed by atoms with Crippen molar-refractivity contribution in [2.24, 2.45) is 5.92 Å². The molecule has 8 heteroatoms. The third-order valence-corrected chi connectivity index (χ3v) is 5.93. The van der Waals surface area contributed by atoms with E-state index in [9.17, 15) is 9.59 Å². The third-order valence-electron chi connectivity index (χ3n) is 5.04. The summed E-state index contributed by atoms with van der Waals surface area (Å²) in [4.78, 5) is 26.9. The van der Waals surface area contributed by atoms with Crippen molar-refractivity contribution in [3.8, 4) is 0 Å². The molecule has 0 bridgehead atoms. The Morgan fingerprint density at radius 1 is 1.11 bits per heavy atom. The van der Waals surface area contributed by atoms with Crippen molar-refractivity contribution < 1.29 is 9.59 Å². The van der Waals surface area contributed by atoms with Crippen LogP contribution in [0.15, 0.2) is 42.5 Å². The topological polar surface area (TPSA) is 75.2 Å². The molecule has 1 aliphatic heterocycles. The van der Waals surface area contributed by atoms with Gasteiger partial charge < -0.3 is 10.2 Å². The Morgan fingerprint density at radius 3 is 2.64 bits per heavy atom. The van der Waals surface area contributed by atoms with Gasteiger partial charge in [-0.3, -0.25) is 9.59 Å². The van der Waals surface area contributed by atoms with Gasteiger partial charge in [-0.2, -0.15) is 8.75 Å². The van der Waals surface area contributed by atoms with Crippen molar-refractivity contribution in [3.63, 3.8) is 0 Å². The van der Waals surface area contributed by atoms with E-state index < -0.39 is 0 Å². The van der Waals surface area contributed by atoms with Gasteiger partial charge in [-0.25, -0.2) is 0 Å². The van der Waals surface area contributed by atoms with Gasteiger partial charge in [0, 0.05) is 25.6 Å². The maximum absolute atomic E-state index is 12.6. The molecule has 0 saturated carbocycles. The van der Waals surface area contributed by atoms with Crippen LogP contribution in [0.2, 0.25) is 5.02 Å². The monoisotopic (exact) mass is 414 g/mol. The molecule has 28 heavy (non-hydrogen) atoms. The average molecular weight is 415 g/mol. The van der Waals surface area contributed by atoms with Crippen LogP contribution in [0.5, 0.6) is 0 Å². The molecule has 1 aliphatic rings. The van der Waals surface area contributed by atoms with Crippen molar-refractivity contribution in [1.82, 2.24) is 19.0 Å². The number of aromatic nitrogens is 2. The van der Waals surface area contributed by atoms with E-state index in [4.69, 9.17) is 11.6 Å². The van der Waals surface area contributed by atoms with E-state index in [1.807, 2.05) is 18.2 Å². The number of likely N-dealkylation sites (tertiary alicyclic amines) is 1. The number of fused-ring (bicyclic) bond motifs is 1. The molecule has 6 nitrogen and oxygen atoms in total. The van der Waals surface area contributed by atoms with Crippen LogP contribution < -0.4 is 5.32 Å². The van der Waals surface area contributed by atoms with E-state index in [-0.39, 0.29) is 17.7 Å². The van der Waals surface area contributed by atoms with Gasteiger partial charge in [-0.05, 0) is 42.7 Å². The predicted molar refractivity (Wildman–Crippen MR) is 109 cm³/mol. The van der Waals surface area contributed by atoms with E-state index in [2.05, 4.69) is 14.1 Å². The molecule has 1 saturated heterocycles. The zero-order valence-corrected chi connectivity index (χ0v) is 16.7. The van der Waals surface area contributed by atoms with Crippen molar-refractivity contribution >= 4 is 46.2 Å². The van der Waals surface area contributed by atoms with Gasteiger partial charge in [0.1, 0.15) is 11.0 Å². The van der Waals surface area contributed by atoms with Crippen LogP contribution in [0.25, 0.3) is 11.0 Å². The van der Waals surface area contributed by atoms with E-state index in [1.165, 1.54) is 11.7 Å². The lowest BCUT2D eigenvalue weighted by atomic mass is 9.95. The maximum atomic E-state index is 12.6. The number of carbonyl (C=O) groups is 2. The molecule has 4 rings (SSSR count). The Kier molecular flexibility index (Phi) is 5.54. The van der Waals surface area contributed by atoms with Crippen LogP contribution in [0.3, 0.4) is 0 Å². The molecule has 1 aromatic heterocycles. The standard InChI is InChI=1S/C20H19ClN4O2S/c21-16-4-2-1-3-15(16)20(27)25-9-7-14(8-10-25)19(26)22-12-13-5-6-17-18(11-13)24-28-23-17/h1-6,11,14H,7-10,12H2,(H,22,26). The molecule has 2 amide bonds. The van der Waals surface area contributed by atoms with Gasteiger partial charge in [-0.15, -0.1) is 0 Å². The minimum atomic E-state index is -0.0834. The molecular formula is C20H19ClN4O2S. The molecule has 144 valence electrons. The summed E-state index contributed by atoms with van der Waals surface area (Å²) in [7, 11) is 0. The Balaban J connectivity index is 1.30. The molecule has 2 heterocycles. The SMILES string of the molecule is O=C(NCc1ccc2nsnc2c1)C1CCN(C(=O)c2ccccc2Cl)CC1. The number of nitrogens with zero attached hydrogens (tertiary/aromatic N) is 3. The molecule has 1 N–H and O–H groups in total. The number of rotatable bonds is 4. The first-order valence-electron chi connectivity index (χ1n) is 9.14. The zero-order valence-electron chi connectivity index (χ0n) is 15.1. The highest BCUT2D eigenvalue weighted by Gasteiger charge is 2.28. The van der Waals surface area contributed by atoms with E-state index in [0.717, 1.165) is 16.6 Å². The minimum Gasteiger partial charge on any atom is -0.352 e. The second kappa shape index (κ2) is 8.24. The van der Waals surface area contributed by atoms with E-state index in [1.54, 1.807) is 29.2 Å². The average Bonchev–Trinajstić information content (AvgIpc) is 3.20. The van der Waals surface area contributed by atoms with Crippen LogP contribution in [-0.4, -0.2) is 38.6 Å². The number of piperidine rings is 1. The van der Waals surface area contributed by atoms with Crippen LogP contribution in [0.4, 0.5) is 0 Å². The highest BCUT2D eigenvalue weighted by molar-refractivity contribution is 7.00. The summed E-state index contributed by atoms with van der Waals surface area (Å²) in [6, 6.07) is 12.9. The zero-order chi connectivity index (χ0) is 19.5. The molecule has 0 spiro atoms. The Labute approximate surface area is 171 Å². The highest BCUT2D eigenvalue weighted by atomic mass is 35.5. The number of hydrogen-bond acceptors (Lipinski definition) is 5. The second-order valence-electron chi connectivity index (χ2n) is 6.85.